The third-order valence-corrected chi connectivity index (χ3v) is 8.68. The van der Waals surface area contributed by atoms with Gasteiger partial charge in [0, 0.05) is 43.9 Å². The van der Waals surface area contributed by atoms with E-state index in [1.54, 1.807) is 0 Å². The lowest BCUT2D eigenvalue weighted by atomic mass is 9.53. The molecule has 234 valence electrons. The molecule has 0 bridgehead atoms. The Bertz CT molecular complexity index is 1310. The normalized spacial score (nSPS) is 13.1. The molecule has 4 N–H and O–H groups in total. The van der Waals surface area contributed by atoms with Gasteiger partial charge in [-0.3, -0.25) is 4.79 Å². The Kier molecular flexibility index (Phi) is 12.2. The molecule has 0 spiro atoms. The number of azo groups is 1. The van der Waals surface area contributed by atoms with E-state index in [4.69, 9.17) is 16.2 Å². The van der Waals surface area contributed by atoms with Crippen molar-refractivity contribution in [1.82, 2.24) is 0 Å². The van der Waals surface area contributed by atoms with Crippen LogP contribution >= 0.6 is 0 Å². The van der Waals surface area contributed by atoms with E-state index in [0.29, 0.717) is 13.2 Å². The molecule has 8 nitrogen and oxygen atoms in total. The minimum absolute atomic E-state index is 0.113. The summed E-state index contributed by atoms with van der Waals surface area (Å²) in [7, 11) is 5.99. The summed E-state index contributed by atoms with van der Waals surface area (Å²) < 4.78 is 5.73. The van der Waals surface area contributed by atoms with Crippen LogP contribution in [0.5, 0.6) is 0 Å². The Morgan fingerprint density at radius 1 is 0.721 bits per heavy atom. The second-order valence-electron chi connectivity index (χ2n) is 13.0. The summed E-state index contributed by atoms with van der Waals surface area (Å²) in [5.74, 6) is -0.113. The summed E-state index contributed by atoms with van der Waals surface area (Å²) in [5.41, 5.74) is 15.7. The first kappa shape index (κ1) is 35.1. The second kappa shape index (κ2) is 14.9. The maximum absolute atomic E-state index is 13.0. The molecule has 0 radical (unpaired) electrons. The number of anilines is 4. The van der Waals surface area contributed by atoms with Gasteiger partial charge in [-0.25, -0.2) is 0 Å². The number of ether oxygens (including phenoxy) is 1. The Labute approximate surface area is 259 Å². The van der Waals surface area contributed by atoms with Crippen LogP contribution in [-0.2, 0) is 9.53 Å². The van der Waals surface area contributed by atoms with E-state index in [0.717, 1.165) is 40.5 Å². The quantitative estimate of drug-likeness (QED) is 0.140. The molecule has 0 fully saturated rings. The highest BCUT2D eigenvalue weighted by Gasteiger charge is 2.54. The summed E-state index contributed by atoms with van der Waals surface area (Å²) in [6.07, 6.45) is 0.918. The summed E-state index contributed by atoms with van der Waals surface area (Å²) in [6, 6.07) is 22.9. The van der Waals surface area contributed by atoms with Gasteiger partial charge in [0.05, 0.1) is 23.3 Å². The number of carbonyl (C=O) groups is 1. The number of benzene rings is 3. The van der Waals surface area contributed by atoms with Crippen molar-refractivity contribution < 1.29 is 9.53 Å². The molecule has 3 aromatic carbocycles. The average molecular weight is 589 g/mol. The molecule has 0 aromatic heterocycles. The van der Waals surface area contributed by atoms with E-state index in [-0.39, 0.29) is 16.8 Å². The van der Waals surface area contributed by atoms with Gasteiger partial charge in [0.15, 0.2) is 0 Å². The number of esters is 1. The standard InChI is InChI=1S/C21H36N2O2.C14H16N4/c1-9-20(5,6)21(7,19(2,3)4)18(24)25-15-14-23(8)17-12-10-16(22)11-13-17;1-18(2)14-9-7-13(8-10-14)17-16-12-5-3-11(15)4-6-12/h10-13H,9,14-15,22H2,1-8H3;3-10H,15H2,1-2H3. The van der Waals surface area contributed by atoms with Crippen LogP contribution in [0.3, 0.4) is 0 Å². The smallest absolute Gasteiger partial charge is 0.312 e. The van der Waals surface area contributed by atoms with Crippen molar-refractivity contribution in [2.75, 3.05) is 55.6 Å². The lowest BCUT2D eigenvalue weighted by Crippen LogP contribution is -2.52. The number of nitrogen functional groups attached to an aromatic ring is 2. The number of hydrogen-bond acceptors (Lipinski definition) is 8. The van der Waals surface area contributed by atoms with Crippen LogP contribution in [0, 0.1) is 16.2 Å². The number of nitrogens with zero attached hydrogens (tertiary/aromatic N) is 4. The van der Waals surface area contributed by atoms with Crippen LogP contribution in [0.4, 0.5) is 34.1 Å². The summed E-state index contributed by atoms with van der Waals surface area (Å²) in [5, 5.41) is 8.32. The van der Waals surface area contributed by atoms with E-state index in [1.165, 1.54) is 0 Å². The zero-order chi connectivity index (χ0) is 32.4. The van der Waals surface area contributed by atoms with Gasteiger partial charge in [-0.2, -0.15) is 10.2 Å². The molecule has 0 aliphatic carbocycles. The molecule has 0 amide bonds. The summed E-state index contributed by atoms with van der Waals surface area (Å²) >= 11 is 0. The highest BCUT2D eigenvalue weighted by Crippen LogP contribution is 2.53. The van der Waals surface area contributed by atoms with Crippen molar-refractivity contribution in [3.05, 3.63) is 72.8 Å². The highest BCUT2D eigenvalue weighted by atomic mass is 16.5. The van der Waals surface area contributed by atoms with Gasteiger partial charge >= 0.3 is 5.97 Å². The van der Waals surface area contributed by atoms with Gasteiger partial charge in [-0.05, 0) is 97.0 Å². The molecule has 0 heterocycles. The molecule has 3 aromatic rings. The minimum Gasteiger partial charge on any atom is -0.463 e. The molecule has 3 rings (SSSR count). The zero-order valence-electron chi connectivity index (χ0n) is 27.8. The number of likely N-dealkylation sites (N-methyl/N-ethyl adjacent to an activating group) is 1. The van der Waals surface area contributed by atoms with Crippen molar-refractivity contribution in [3.8, 4) is 0 Å². The lowest BCUT2D eigenvalue weighted by Gasteiger charge is -2.50. The third kappa shape index (κ3) is 9.46. The minimum atomic E-state index is -0.561. The Morgan fingerprint density at radius 3 is 1.56 bits per heavy atom. The third-order valence-electron chi connectivity index (χ3n) is 8.68. The van der Waals surface area contributed by atoms with E-state index < -0.39 is 5.41 Å². The molecule has 1 unspecified atom stereocenters. The predicted octanol–water partition coefficient (Wildman–Crippen LogP) is 8.49. The highest BCUT2D eigenvalue weighted by molar-refractivity contribution is 5.78. The fraction of sp³-hybridized carbons (Fsp3) is 0.457. The molecule has 43 heavy (non-hydrogen) atoms. The molecule has 1 atom stereocenters. The number of carbonyl (C=O) groups excluding carboxylic acids is 1. The van der Waals surface area contributed by atoms with E-state index in [1.807, 2.05) is 106 Å². The largest absolute Gasteiger partial charge is 0.463 e. The van der Waals surface area contributed by atoms with Crippen molar-refractivity contribution in [3.63, 3.8) is 0 Å². The molecule has 0 saturated heterocycles. The Hall–Kier alpha value is -4.07. The van der Waals surface area contributed by atoms with E-state index in [2.05, 4.69) is 56.7 Å². The number of rotatable bonds is 10. The summed E-state index contributed by atoms with van der Waals surface area (Å²) in [6.45, 7) is 15.8. The molecule has 0 aliphatic rings. The Morgan fingerprint density at radius 2 is 1.14 bits per heavy atom. The molecular weight excluding hydrogens is 536 g/mol. The maximum Gasteiger partial charge on any atom is 0.312 e. The lowest BCUT2D eigenvalue weighted by molar-refractivity contribution is -0.174. The second-order valence-corrected chi connectivity index (χ2v) is 13.0. The van der Waals surface area contributed by atoms with Crippen molar-refractivity contribution >= 4 is 40.1 Å². The van der Waals surface area contributed by atoms with Crippen molar-refractivity contribution in [1.29, 1.82) is 0 Å². The van der Waals surface area contributed by atoms with Crippen LogP contribution in [0.15, 0.2) is 83.0 Å². The van der Waals surface area contributed by atoms with Crippen molar-refractivity contribution in [2.45, 2.75) is 54.9 Å². The first-order chi connectivity index (χ1) is 20.0. The van der Waals surface area contributed by atoms with E-state index >= 15 is 0 Å². The Balaban J connectivity index is 0.000000315. The molecule has 0 saturated carbocycles. The molecular formula is C35H52N6O2. The number of hydrogen-bond donors (Lipinski definition) is 2. The van der Waals surface area contributed by atoms with Crippen molar-refractivity contribution in [2.24, 2.45) is 26.5 Å². The van der Waals surface area contributed by atoms with Crippen LogP contribution in [0.1, 0.15) is 54.9 Å². The van der Waals surface area contributed by atoms with Crippen LogP contribution in [0.25, 0.3) is 0 Å². The van der Waals surface area contributed by atoms with Gasteiger partial charge in [0.2, 0.25) is 0 Å². The van der Waals surface area contributed by atoms with Gasteiger partial charge in [-0.1, -0.05) is 41.5 Å². The zero-order valence-corrected chi connectivity index (χ0v) is 27.8. The van der Waals surface area contributed by atoms with Crippen LogP contribution in [0.2, 0.25) is 0 Å². The first-order valence-electron chi connectivity index (χ1n) is 14.8. The van der Waals surface area contributed by atoms with Gasteiger partial charge < -0.3 is 26.0 Å². The number of nitrogens with two attached hydrogens (primary N) is 2. The molecule has 8 heteroatoms. The monoisotopic (exact) mass is 588 g/mol. The SMILES string of the molecule is CCC(C)(C)C(C)(C(=O)OCCN(C)c1ccc(N)cc1)C(C)(C)C.CN(C)c1ccc(N=Nc2ccc(N)cc2)cc1. The van der Waals surface area contributed by atoms with Crippen LogP contribution < -0.4 is 21.3 Å². The van der Waals surface area contributed by atoms with Gasteiger partial charge in [-0.15, -0.1) is 0 Å². The topological polar surface area (TPSA) is 110 Å². The van der Waals surface area contributed by atoms with Gasteiger partial charge in [0.1, 0.15) is 6.61 Å². The maximum atomic E-state index is 13.0. The summed E-state index contributed by atoms with van der Waals surface area (Å²) in [4.78, 5) is 17.1. The fourth-order valence-electron chi connectivity index (χ4n) is 4.70. The first-order valence-corrected chi connectivity index (χ1v) is 14.8. The van der Waals surface area contributed by atoms with Gasteiger partial charge in [0.25, 0.3) is 0 Å². The average Bonchev–Trinajstić information content (AvgIpc) is 2.96. The molecule has 0 aliphatic heterocycles. The van der Waals surface area contributed by atoms with Crippen LogP contribution in [-0.4, -0.2) is 40.3 Å². The van der Waals surface area contributed by atoms with E-state index in [9.17, 15) is 4.79 Å². The fourth-order valence-corrected chi connectivity index (χ4v) is 4.70. The predicted molar refractivity (Wildman–Crippen MR) is 183 cm³/mol.